The van der Waals surface area contributed by atoms with Crippen LogP contribution in [-0.4, -0.2) is 25.7 Å². The van der Waals surface area contributed by atoms with Crippen molar-refractivity contribution in [2.75, 3.05) is 5.32 Å². The Labute approximate surface area is 228 Å². The number of carbonyl (C=O) groups is 1. The lowest BCUT2D eigenvalue weighted by Crippen LogP contribution is -2.27. The highest BCUT2D eigenvalue weighted by molar-refractivity contribution is 6.35. The molecule has 3 aromatic carbocycles. The van der Waals surface area contributed by atoms with Gasteiger partial charge in [-0.3, -0.25) is 10.1 Å². The van der Waals surface area contributed by atoms with Gasteiger partial charge in [0, 0.05) is 51.7 Å². The molecule has 0 saturated carbocycles. The molecule has 7 nitrogen and oxygen atoms in total. The molecule has 0 aliphatic rings. The summed E-state index contributed by atoms with van der Waals surface area (Å²) >= 11 is 12.5. The molecule has 3 N–H and O–H groups in total. The Bertz CT molecular complexity index is 1650. The lowest BCUT2D eigenvalue weighted by molar-refractivity contribution is 0.209. The maximum Gasteiger partial charge on any atom is 0.409 e. The van der Waals surface area contributed by atoms with Crippen molar-refractivity contribution < 1.29 is 9.90 Å². The summed E-state index contributed by atoms with van der Waals surface area (Å²) in [5.74, 6) is 0.618. The van der Waals surface area contributed by atoms with Crippen LogP contribution >= 0.6 is 23.2 Å². The van der Waals surface area contributed by atoms with Crippen LogP contribution in [0.4, 0.5) is 10.5 Å². The van der Waals surface area contributed by atoms with E-state index in [1.807, 2.05) is 36.4 Å². The standard InChI is InChI=1S/C29H22Cl2N4O3/c30-21-8-11-24(31)23(16-21)20-12-13-35(27(36)15-20)26(14-18-4-2-1-3-5-18)28-32-17-25(34-28)19-6-9-22(10-7-19)33-29(37)38/h1-13,15-17,26,33H,14H2,(H,32,34)(H,37,38). The molecular weight excluding hydrogens is 523 g/mol. The summed E-state index contributed by atoms with van der Waals surface area (Å²) in [7, 11) is 0. The Morgan fingerprint density at radius 1 is 0.974 bits per heavy atom. The third-order valence-electron chi connectivity index (χ3n) is 6.14. The number of nitrogens with zero attached hydrogens (tertiary/aromatic N) is 2. The minimum absolute atomic E-state index is 0.207. The summed E-state index contributed by atoms with van der Waals surface area (Å²) < 4.78 is 1.65. The summed E-state index contributed by atoms with van der Waals surface area (Å²) in [6.45, 7) is 0. The van der Waals surface area contributed by atoms with E-state index >= 15 is 0 Å². The number of pyridine rings is 1. The van der Waals surface area contributed by atoms with E-state index < -0.39 is 12.1 Å². The van der Waals surface area contributed by atoms with Crippen LogP contribution in [0, 0.1) is 0 Å². The molecule has 2 aromatic heterocycles. The van der Waals surface area contributed by atoms with Gasteiger partial charge in [0.05, 0.1) is 11.7 Å². The number of carboxylic acid groups (broad SMARTS) is 1. The Morgan fingerprint density at radius 2 is 1.74 bits per heavy atom. The van der Waals surface area contributed by atoms with Crippen LogP contribution < -0.4 is 10.9 Å². The quantitative estimate of drug-likeness (QED) is 0.203. The van der Waals surface area contributed by atoms with E-state index in [-0.39, 0.29) is 5.56 Å². The van der Waals surface area contributed by atoms with Crippen LogP contribution in [0.15, 0.2) is 102 Å². The van der Waals surface area contributed by atoms with Gasteiger partial charge in [0.25, 0.3) is 5.56 Å². The van der Waals surface area contributed by atoms with E-state index in [1.165, 1.54) is 0 Å². The van der Waals surface area contributed by atoms with E-state index in [0.717, 1.165) is 11.1 Å². The van der Waals surface area contributed by atoms with Crippen molar-refractivity contribution in [3.63, 3.8) is 0 Å². The number of nitrogens with one attached hydrogen (secondary N) is 2. The number of benzene rings is 3. The van der Waals surface area contributed by atoms with Gasteiger partial charge in [-0.15, -0.1) is 0 Å². The van der Waals surface area contributed by atoms with E-state index in [0.29, 0.717) is 44.8 Å². The molecule has 0 fully saturated rings. The van der Waals surface area contributed by atoms with Crippen LogP contribution in [0.2, 0.25) is 10.0 Å². The second-order valence-electron chi connectivity index (χ2n) is 8.67. The van der Waals surface area contributed by atoms with E-state index in [9.17, 15) is 9.59 Å². The van der Waals surface area contributed by atoms with Crippen molar-refractivity contribution in [2.24, 2.45) is 0 Å². The number of halogens is 2. The monoisotopic (exact) mass is 544 g/mol. The number of anilines is 1. The topological polar surface area (TPSA) is 100 Å². The summed E-state index contributed by atoms with van der Waals surface area (Å²) in [5.41, 5.74) is 4.15. The SMILES string of the molecule is O=C(O)Nc1ccc(-c2c[nH]c(C(Cc3ccccc3)n3ccc(-c4cc(Cl)ccc4Cl)cc3=O)n2)cc1. The average molecular weight is 545 g/mol. The summed E-state index contributed by atoms with van der Waals surface area (Å²) in [6, 6.07) is 24.9. The summed E-state index contributed by atoms with van der Waals surface area (Å²) in [5, 5.41) is 12.3. The number of H-pyrrole nitrogens is 1. The van der Waals surface area contributed by atoms with Crippen molar-refractivity contribution in [1.82, 2.24) is 14.5 Å². The van der Waals surface area contributed by atoms with Gasteiger partial charge in [-0.2, -0.15) is 0 Å². The van der Waals surface area contributed by atoms with Crippen molar-refractivity contribution in [2.45, 2.75) is 12.5 Å². The first-order valence-corrected chi connectivity index (χ1v) is 12.5. The van der Waals surface area contributed by atoms with E-state index in [2.05, 4.69) is 10.3 Å². The number of hydrogen-bond donors (Lipinski definition) is 3. The van der Waals surface area contributed by atoms with Gasteiger partial charge in [0.1, 0.15) is 5.82 Å². The Hall–Kier alpha value is -4.33. The highest BCUT2D eigenvalue weighted by Crippen LogP contribution is 2.31. The molecule has 5 rings (SSSR count). The van der Waals surface area contributed by atoms with Gasteiger partial charge < -0.3 is 14.7 Å². The van der Waals surface area contributed by atoms with Gasteiger partial charge in [-0.05, 0) is 47.5 Å². The minimum atomic E-state index is -1.13. The third-order valence-corrected chi connectivity index (χ3v) is 6.71. The fourth-order valence-corrected chi connectivity index (χ4v) is 4.70. The van der Waals surface area contributed by atoms with Crippen molar-refractivity contribution in [3.8, 4) is 22.4 Å². The molecule has 190 valence electrons. The highest BCUT2D eigenvalue weighted by Gasteiger charge is 2.20. The zero-order chi connectivity index (χ0) is 26.6. The van der Waals surface area contributed by atoms with Crippen LogP contribution in [-0.2, 0) is 6.42 Å². The van der Waals surface area contributed by atoms with Gasteiger partial charge in [0.2, 0.25) is 0 Å². The number of hydrogen-bond acceptors (Lipinski definition) is 3. The predicted molar refractivity (Wildman–Crippen MR) is 150 cm³/mol. The molecule has 2 heterocycles. The molecule has 0 saturated heterocycles. The van der Waals surface area contributed by atoms with Crippen molar-refractivity contribution in [1.29, 1.82) is 0 Å². The van der Waals surface area contributed by atoms with Gasteiger partial charge in [-0.1, -0.05) is 65.7 Å². The molecule has 5 aromatic rings. The highest BCUT2D eigenvalue weighted by atomic mass is 35.5. The average Bonchev–Trinajstić information content (AvgIpc) is 3.40. The molecular formula is C29H22Cl2N4O3. The smallest absolute Gasteiger partial charge is 0.409 e. The molecule has 9 heteroatoms. The van der Waals surface area contributed by atoms with E-state index in [4.69, 9.17) is 33.3 Å². The lowest BCUT2D eigenvalue weighted by Gasteiger charge is -2.19. The second-order valence-corrected chi connectivity index (χ2v) is 9.51. The fourth-order valence-electron chi connectivity index (χ4n) is 4.30. The molecule has 1 unspecified atom stereocenters. The summed E-state index contributed by atoms with van der Waals surface area (Å²) in [6.07, 6.45) is 2.93. The first kappa shape index (κ1) is 25.3. The maximum absolute atomic E-state index is 13.4. The number of imidazole rings is 1. The van der Waals surface area contributed by atoms with Crippen molar-refractivity contribution >= 4 is 35.0 Å². The largest absolute Gasteiger partial charge is 0.465 e. The molecule has 0 aliphatic heterocycles. The Balaban J connectivity index is 1.51. The fraction of sp³-hybridized carbons (Fsp3) is 0.0690. The zero-order valence-corrected chi connectivity index (χ0v) is 21.4. The molecule has 0 aliphatic carbocycles. The van der Waals surface area contributed by atoms with E-state index in [1.54, 1.807) is 65.5 Å². The summed E-state index contributed by atoms with van der Waals surface area (Å²) in [4.78, 5) is 32.3. The normalized spacial score (nSPS) is 11.7. The maximum atomic E-state index is 13.4. The number of aromatic amines is 1. The zero-order valence-electron chi connectivity index (χ0n) is 19.9. The predicted octanol–water partition coefficient (Wildman–Crippen LogP) is 7.13. The Morgan fingerprint density at radius 3 is 2.45 bits per heavy atom. The van der Waals surface area contributed by atoms with Crippen molar-refractivity contribution in [3.05, 3.63) is 129 Å². The molecule has 1 atom stereocenters. The van der Waals surface area contributed by atoms with Crippen LogP contribution in [0.1, 0.15) is 17.4 Å². The number of amides is 1. The van der Waals surface area contributed by atoms with Crippen LogP contribution in [0.3, 0.4) is 0 Å². The van der Waals surface area contributed by atoms with Gasteiger partial charge in [0.15, 0.2) is 0 Å². The molecule has 0 radical (unpaired) electrons. The first-order valence-electron chi connectivity index (χ1n) is 11.7. The molecule has 0 bridgehead atoms. The Kier molecular flexibility index (Phi) is 7.31. The van der Waals surface area contributed by atoms with Crippen LogP contribution in [0.25, 0.3) is 22.4 Å². The number of aromatic nitrogens is 3. The van der Waals surface area contributed by atoms with Crippen LogP contribution in [0.5, 0.6) is 0 Å². The van der Waals surface area contributed by atoms with Gasteiger partial charge in [-0.25, -0.2) is 9.78 Å². The molecule has 0 spiro atoms. The first-order chi connectivity index (χ1) is 18.4. The number of rotatable bonds is 7. The molecule has 38 heavy (non-hydrogen) atoms. The minimum Gasteiger partial charge on any atom is -0.465 e. The third kappa shape index (κ3) is 5.64. The second kappa shape index (κ2) is 11.0. The van der Waals surface area contributed by atoms with Gasteiger partial charge >= 0.3 is 6.09 Å². The molecule has 1 amide bonds. The lowest BCUT2D eigenvalue weighted by atomic mass is 10.0.